The summed E-state index contributed by atoms with van der Waals surface area (Å²) >= 11 is 5.85. The number of benzene rings is 1. The molecular weight excluding hydrogens is 343 g/mol. The first-order chi connectivity index (χ1) is 9.74. The molecule has 0 radical (unpaired) electrons. The van der Waals surface area contributed by atoms with E-state index >= 15 is 0 Å². The van der Waals surface area contributed by atoms with Crippen molar-refractivity contribution in [1.29, 1.82) is 0 Å². The summed E-state index contributed by atoms with van der Waals surface area (Å²) in [6.07, 6.45) is 0.0193. The van der Waals surface area contributed by atoms with Gasteiger partial charge in [0.2, 0.25) is 0 Å². The molecule has 0 saturated heterocycles. The number of carbonyl (C=O) groups excluding carboxylic acids is 1. The van der Waals surface area contributed by atoms with E-state index in [9.17, 15) is 17.8 Å². The van der Waals surface area contributed by atoms with E-state index in [1.165, 1.54) is 6.07 Å². The molecule has 22 heavy (non-hydrogen) atoms. The predicted octanol–water partition coefficient (Wildman–Crippen LogP) is -1.01. The van der Waals surface area contributed by atoms with Gasteiger partial charge in [-0.1, -0.05) is 11.6 Å². The molecule has 10 heteroatoms. The van der Waals surface area contributed by atoms with Gasteiger partial charge in [-0.3, -0.25) is 10.2 Å². The summed E-state index contributed by atoms with van der Waals surface area (Å²) < 4.78 is 37.3. The summed E-state index contributed by atoms with van der Waals surface area (Å²) in [6.45, 7) is 3.61. The van der Waals surface area contributed by atoms with Crippen molar-refractivity contribution >= 4 is 39.1 Å². The number of anilines is 1. The van der Waals surface area contributed by atoms with Crippen LogP contribution in [0, 0.1) is 0 Å². The van der Waals surface area contributed by atoms with Gasteiger partial charge in [-0.15, -0.1) is 0 Å². The van der Waals surface area contributed by atoms with Crippen LogP contribution in [-0.4, -0.2) is 31.3 Å². The Morgan fingerprint density at radius 1 is 1.45 bits per heavy atom. The average molecular weight is 357 g/mol. The molecule has 0 aliphatic rings. The molecule has 116 valence electrons. The number of halogens is 1. The molecule has 7 nitrogen and oxygen atoms in total. The Bertz CT molecular complexity index is 663. The molecule has 0 unspecified atom stereocenters. The molecule has 0 heterocycles. The zero-order valence-electron chi connectivity index (χ0n) is 12.4. The number of rotatable bonds is 6. The number of nitrogens with one attached hydrogen (secondary N) is 1. The summed E-state index contributed by atoms with van der Waals surface area (Å²) in [5.74, 6) is -0.403. The first-order valence-electron chi connectivity index (χ1n) is 5.94. The van der Waals surface area contributed by atoms with Gasteiger partial charge in [0.15, 0.2) is 0 Å². The van der Waals surface area contributed by atoms with Crippen molar-refractivity contribution in [3.05, 3.63) is 23.2 Å². The molecule has 1 rings (SSSR count). The van der Waals surface area contributed by atoms with Gasteiger partial charge in [-0.2, -0.15) is 5.10 Å². The van der Waals surface area contributed by atoms with Crippen molar-refractivity contribution in [3.8, 4) is 0 Å². The van der Waals surface area contributed by atoms with Crippen LogP contribution in [0.3, 0.4) is 0 Å². The molecule has 0 aromatic heterocycles. The number of ether oxygens (including phenoxy) is 1. The predicted molar refractivity (Wildman–Crippen MR) is 77.4 cm³/mol. The standard InChI is InChI=1S/C12H15ClN2O5S.Na/c1-3-20-12(16)6-8(2)14-15-11-5-4-9(7-10(11)13)21(17,18)19;/h4-5,7,15H,3,6H2,1-2H3,(H,17,18,19);/q;+1/p-1/b14-8-;. The van der Waals surface area contributed by atoms with Crippen molar-refractivity contribution in [3.63, 3.8) is 0 Å². The fourth-order valence-corrected chi connectivity index (χ4v) is 2.14. The second kappa shape index (κ2) is 9.49. The van der Waals surface area contributed by atoms with Gasteiger partial charge in [0, 0.05) is 5.71 Å². The number of hydrazone groups is 1. The largest absolute Gasteiger partial charge is 1.00 e. The number of carbonyl (C=O) groups is 1. The molecule has 1 N–H and O–H groups in total. The van der Waals surface area contributed by atoms with Gasteiger partial charge in [-0.25, -0.2) is 8.42 Å². The third-order valence-electron chi connectivity index (χ3n) is 2.30. The Labute approximate surface area is 156 Å². The maximum absolute atomic E-state index is 11.2. The number of esters is 1. The second-order valence-corrected chi connectivity index (χ2v) is 5.82. The molecule has 1 aromatic carbocycles. The average Bonchev–Trinajstić information content (AvgIpc) is 2.36. The SMILES string of the molecule is CCOC(=O)C/C(C)=N\Nc1ccc(S(=O)(=O)[O-])cc1Cl.[Na+]. The topological polar surface area (TPSA) is 108 Å². The number of nitrogens with zero attached hydrogens (tertiary/aromatic N) is 1. The van der Waals surface area contributed by atoms with Gasteiger partial charge in [0.05, 0.1) is 28.6 Å². The van der Waals surface area contributed by atoms with E-state index < -0.39 is 21.0 Å². The Morgan fingerprint density at radius 3 is 2.59 bits per heavy atom. The van der Waals surface area contributed by atoms with Crippen LogP contribution in [0.25, 0.3) is 0 Å². The van der Waals surface area contributed by atoms with Crippen LogP contribution in [0.1, 0.15) is 20.3 Å². The fraction of sp³-hybridized carbons (Fsp3) is 0.333. The monoisotopic (exact) mass is 356 g/mol. The molecular formula is C12H14ClN2NaO5S. The molecule has 0 amide bonds. The van der Waals surface area contributed by atoms with Gasteiger partial charge >= 0.3 is 35.5 Å². The Kier molecular flexibility index (Phi) is 9.21. The van der Waals surface area contributed by atoms with Crippen LogP contribution in [0.15, 0.2) is 28.2 Å². The zero-order valence-corrected chi connectivity index (χ0v) is 16.0. The maximum Gasteiger partial charge on any atom is 1.00 e. The summed E-state index contributed by atoms with van der Waals surface area (Å²) in [4.78, 5) is 10.8. The van der Waals surface area contributed by atoms with Gasteiger partial charge in [0.25, 0.3) is 0 Å². The van der Waals surface area contributed by atoms with Crippen LogP contribution < -0.4 is 35.0 Å². The summed E-state index contributed by atoms with van der Waals surface area (Å²) in [5, 5.41) is 3.95. The van der Waals surface area contributed by atoms with Crippen molar-refractivity contribution in [1.82, 2.24) is 0 Å². The second-order valence-electron chi connectivity index (χ2n) is 4.04. The number of hydrogen-bond acceptors (Lipinski definition) is 7. The van der Waals surface area contributed by atoms with Crippen LogP contribution >= 0.6 is 11.6 Å². The van der Waals surface area contributed by atoms with Crippen molar-refractivity contribution < 1.29 is 52.1 Å². The van der Waals surface area contributed by atoms with E-state index in [-0.39, 0.29) is 47.6 Å². The van der Waals surface area contributed by atoms with Gasteiger partial charge in [-0.05, 0) is 32.0 Å². The summed E-state index contributed by atoms with van der Waals surface area (Å²) in [5.41, 5.74) is 3.37. The molecule has 0 saturated carbocycles. The van der Waals surface area contributed by atoms with E-state index in [4.69, 9.17) is 16.3 Å². The smallest absolute Gasteiger partial charge is 0.744 e. The van der Waals surface area contributed by atoms with E-state index in [0.717, 1.165) is 12.1 Å². The van der Waals surface area contributed by atoms with E-state index in [1.54, 1.807) is 13.8 Å². The van der Waals surface area contributed by atoms with E-state index in [2.05, 4.69) is 10.5 Å². The van der Waals surface area contributed by atoms with E-state index in [0.29, 0.717) is 11.4 Å². The van der Waals surface area contributed by atoms with E-state index in [1.807, 2.05) is 0 Å². The molecule has 0 spiro atoms. The Balaban J connectivity index is 0.00000441. The third kappa shape index (κ3) is 7.08. The molecule has 0 atom stereocenters. The molecule has 0 aliphatic heterocycles. The maximum atomic E-state index is 11.2. The first kappa shape index (κ1) is 21.4. The van der Waals surface area contributed by atoms with Crippen molar-refractivity contribution in [2.45, 2.75) is 25.2 Å². The molecule has 0 bridgehead atoms. The Morgan fingerprint density at radius 2 is 2.09 bits per heavy atom. The Hall–Kier alpha value is -0.640. The van der Waals surface area contributed by atoms with Crippen LogP contribution in [-0.2, 0) is 19.6 Å². The number of hydrogen-bond donors (Lipinski definition) is 1. The van der Waals surface area contributed by atoms with Crippen molar-refractivity contribution in [2.24, 2.45) is 5.10 Å². The van der Waals surface area contributed by atoms with Crippen molar-refractivity contribution in [2.75, 3.05) is 12.0 Å². The summed E-state index contributed by atoms with van der Waals surface area (Å²) in [6, 6.07) is 3.46. The first-order valence-corrected chi connectivity index (χ1v) is 7.73. The minimum atomic E-state index is -4.55. The molecule has 1 aromatic rings. The quantitative estimate of drug-likeness (QED) is 0.230. The van der Waals surface area contributed by atoms with Crippen LogP contribution in [0.5, 0.6) is 0 Å². The normalized spacial score (nSPS) is 11.5. The zero-order chi connectivity index (χ0) is 16.0. The summed E-state index contributed by atoms with van der Waals surface area (Å²) in [7, 11) is -4.55. The fourth-order valence-electron chi connectivity index (χ4n) is 1.36. The molecule has 0 aliphatic carbocycles. The third-order valence-corrected chi connectivity index (χ3v) is 3.45. The van der Waals surface area contributed by atoms with Gasteiger partial charge in [0.1, 0.15) is 10.1 Å². The minimum Gasteiger partial charge on any atom is -0.744 e. The molecule has 0 fully saturated rings. The van der Waals surface area contributed by atoms with Gasteiger partial charge < -0.3 is 9.29 Å². The minimum absolute atomic E-state index is 0. The van der Waals surface area contributed by atoms with Crippen LogP contribution in [0.4, 0.5) is 5.69 Å². The van der Waals surface area contributed by atoms with Crippen LogP contribution in [0.2, 0.25) is 5.02 Å².